The van der Waals surface area contributed by atoms with Crippen LogP contribution in [-0.4, -0.2) is 5.11 Å². The van der Waals surface area contributed by atoms with E-state index < -0.39 is 5.60 Å². The Hall–Kier alpha value is -1.57. The minimum atomic E-state index is -0.916. The molecule has 0 saturated heterocycles. The topological polar surface area (TPSA) is 20.2 Å². The highest BCUT2D eigenvalue weighted by Gasteiger charge is 2.49. The van der Waals surface area contributed by atoms with Crippen molar-refractivity contribution in [3.8, 4) is 0 Å². The van der Waals surface area contributed by atoms with Gasteiger partial charge in [0.15, 0.2) is 0 Å². The molecule has 0 aromatic heterocycles. The molecule has 0 aliphatic heterocycles. The van der Waals surface area contributed by atoms with Crippen molar-refractivity contribution in [2.75, 3.05) is 0 Å². The zero-order valence-corrected chi connectivity index (χ0v) is 11.8. The lowest BCUT2D eigenvalue weighted by Crippen LogP contribution is -2.31. The van der Waals surface area contributed by atoms with Crippen molar-refractivity contribution in [1.82, 2.24) is 0 Å². The minimum absolute atomic E-state index is 0.292. The summed E-state index contributed by atoms with van der Waals surface area (Å²) in [6.07, 6.45) is 4.10. The second-order valence-corrected chi connectivity index (χ2v) is 6.07. The Morgan fingerprint density at radius 1 is 0.950 bits per heavy atom. The van der Waals surface area contributed by atoms with Crippen molar-refractivity contribution >= 4 is 22.7 Å². The SMILES string of the molecule is OC1(C2CC2)c2ccccc2C=C(Cl)c2ccccc21. The van der Waals surface area contributed by atoms with Crippen LogP contribution < -0.4 is 0 Å². The van der Waals surface area contributed by atoms with Gasteiger partial charge in [-0.1, -0.05) is 60.1 Å². The molecule has 4 rings (SSSR count). The maximum absolute atomic E-state index is 11.5. The van der Waals surface area contributed by atoms with Gasteiger partial charge in [0.2, 0.25) is 0 Å². The summed E-state index contributed by atoms with van der Waals surface area (Å²) in [6, 6.07) is 16.0. The summed E-state index contributed by atoms with van der Waals surface area (Å²) in [5.41, 5.74) is 2.96. The zero-order chi connectivity index (χ0) is 13.7. The summed E-state index contributed by atoms with van der Waals surface area (Å²) in [5.74, 6) is 0.292. The lowest BCUT2D eigenvalue weighted by atomic mass is 9.79. The highest BCUT2D eigenvalue weighted by Crippen LogP contribution is 2.53. The number of halogens is 1. The molecule has 2 aliphatic carbocycles. The van der Waals surface area contributed by atoms with Crippen LogP contribution in [0.3, 0.4) is 0 Å². The number of benzene rings is 2. The number of fused-ring (bicyclic) bond motifs is 2. The first-order valence-electron chi connectivity index (χ1n) is 7.00. The van der Waals surface area contributed by atoms with Crippen LogP contribution in [0.1, 0.15) is 35.1 Å². The van der Waals surface area contributed by atoms with E-state index in [1.807, 2.05) is 54.6 Å². The molecular formula is C18H15ClO. The first kappa shape index (κ1) is 12.2. The maximum Gasteiger partial charge on any atom is 0.119 e. The van der Waals surface area contributed by atoms with Gasteiger partial charge in [0.05, 0.1) is 0 Å². The summed E-state index contributed by atoms with van der Waals surface area (Å²) < 4.78 is 0. The predicted octanol–water partition coefficient (Wildman–Crippen LogP) is 4.38. The van der Waals surface area contributed by atoms with Crippen molar-refractivity contribution in [3.05, 3.63) is 70.8 Å². The molecule has 1 saturated carbocycles. The van der Waals surface area contributed by atoms with Gasteiger partial charge in [-0.3, -0.25) is 0 Å². The van der Waals surface area contributed by atoms with Crippen LogP contribution in [0.4, 0.5) is 0 Å². The standard InChI is InChI=1S/C18H15ClO/c19-17-11-12-5-1-3-7-15(12)18(20,13-9-10-13)16-8-4-2-6-14(16)17/h1-8,11,13,20H,9-10H2. The van der Waals surface area contributed by atoms with Gasteiger partial charge in [0.25, 0.3) is 0 Å². The van der Waals surface area contributed by atoms with Crippen LogP contribution in [0.25, 0.3) is 11.1 Å². The van der Waals surface area contributed by atoms with Crippen molar-refractivity contribution in [2.45, 2.75) is 18.4 Å². The first-order valence-corrected chi connectivity index (χ1v) is 7.38. The Morgan fingerprint density at radius 3 is 2.35 bits per heavy atom. The predicted molar refractivity (Wildman–Crippen MR) is 82.3 cm³/mol. The van der Waals surface area contributed by atoms with Crippen molar-refractivity contribution in [2.24, 2.45) is 5.92 Å². The van der Waals surface area contributed by atoms with Gasteiger partial charge >= 0.3 is 0 Å². The van der Waals surface area contributed by atoms with E-state index in [1.165, 1.54) is 0 Å². The number of rotatable bonds is 1. The molecule has 2 aromatic carbocycles. The lowest BCUT2D eigenvalue weighted by molar-refractivity contribution is 0.0562. The maximum atomic E-state index is 11.5. The molecule has 1 N–H and O–H groups in total. The Balaban J connectivity index is 2.09. The largest absolute Gasteiger partial charge is 0.380 e. The van der Waals surface area contributed by atoms with Gasteiger partial charge in [-0.2, -0.15) is 0 Å². The molecular weight excluding hydrogens is 268 g/mol. The van der Waals surface area contributed by atoms with Gasteiger partial charge < -0.3 is 5.11 Å². The zero-order valence-electron chi connectivity index (χ0n) is 11.0. The molecule has 20 heavy (non-hydrogen) atoms. The lowest BCUT2D eigenvalue weighted by Gasteiger charge is -2.31. The molecule has 1 nitrogen and oxygen atoms in total. The second-order valence-electron chi connectivity index (χ2n) is 5.67. The number of aliphatic hydroxyl groups is 1. The normalized spacial score (nSPS) is 24.4. The van der Waals surface area contributed by atoms with Crippen LogP contribution in [-0.2, 0) is 5.60 Å². The molecule has 2 heteroatoms. The molecule has 2 aromatic rings. The molecule has 0 radical (unpaired) electrons. The Morgan fingerprint density at radius 2 is 1.60 bits per heavy atom. The molecule has 1 fully saturated rings. The van der Waals surface area contributed by atoms with Crippen molar-refractivity contribution in [1.29, 1.82) is 0 Å². The van der Waals surface area contributed by atoms with Gasteiger partial charge in [-0.05, 0) is 47.1 Å². The molecule has 0 heterocycles. The van der Waals surface area contributed by atoms with Gasteiger partial charge in [0, 0.05) is 5.03 Å². The Kier molecular flexibility index (Phi) is 2.57. The van der Waals surface area contributed by atoms with E-state index in [0.717, 1.165) is 35.1 Å². The van der Waals surface area contributed by atoms with Gasteiger partial charge in [-0.25, -0.2) is 0 Å². The smallest absolute Gasteiger partial charge is 0.119 e. The highest BCUT2D eigenvalue weighted by molar-refractivity contribution is 6.51. The van der Waals surface area contributed by atoms with E-state index in [2.05, 4.69) is 0 Å². The third-order valence-electron chi connectivity index (χ3n) is 4.42. The van der Waals surface area contributed by atoms with Crippen LogP contribution in [0, 0.1) is 5.92 Å². The van der Waals surface area contributed by atoms with E-state index in [4.69, 9.17) is 11.6 Å². The third-order valence-corrected chi connectivity index (χ3v) is 4.73. The highest BCUT2D eigenvalue weighted by atomic mass is 35.5. The molecule has 0 amide bonds. The average Bonchev–Trinajstić information content (AvgIpc) is 3.31. The van der Waals surface area contributed by atoms with Crippen LogP contribution in [0.15, 0.2) is 48.5 Å². The molecule has 0 spiro atoms. The summed E-state index contributed by atoms with van der Waals surface area (Å²) in [7, 11) is 0. The van der Waals surface area contributed by atoms with Crippen LogP contribution >= 0.6 is 11.6 Å². The van der Waals surface area contributed by atoms with E-state index >= 15 is 0 Å². The minimum Gasteiger partial charge on any atom is -0.380 e. The summed E-state index contributed by atoms with van der Waals surface area (Å²) >= 11 is 6.48. The summed E-state index contributed by atoms with van der Waals surface area (Å²) in [4.78, 5) is 0. The van der Waals surface area contributed by atoms with Crippen LogP contribution in [0.2, 0.25) is 0 Å². The second kappa shape index (κ2) is 4.21. The van der Waals surface area contributed by atoms with Crippen molar-refractivity contribution < 1.29 is 5.11 Å². The van der Waals surface area contributed by atoms with Crippen LogP contribution in [0.5, 0.6) is 0 Å². The van der Waals surface area contributed by atoms with E-state index in [0.29, 0.717) is 11.0 Å². The quantitative estimate of drug-likeness (QED) is 0.823. The molecule has 2 aliphatic rings. The average molecular weight is 283 g/mol. The monoisotopic (exact) mass is 282 g/mol. The third kappa shape index (κ3) is 1.60. The van der Waals surface area contributed by atoms with E-state index in [-0.39, 0.29) is 0 Å². The number of hydrogen-bond donors (Lipinski definition) is 1. The van der Waals surface area contributed by atoms with Gasteiger partial charge in [-0.15, -0.1) is 0 Å². The molecule has 0 bridgehead atoms. The van der Waals surface area contributed by atoms with E-state index in [9.17, 15) is 5.11 Å². The van der Waals surface area contributed by atoms with Gasteiger partial charge in [0.1, 0.15) is 5.60 Å². The summed E-state index contributed by atoms with van der Waals surface area (Å²) in [5, 5.41) is 12.2. The fourth-order valence-corrected chi connectivity index (χ4v) is 3.58. The fraction of sp³-hybridized carbons (Fsp3) is 0.222. The van der Waals surface area contributed by atoms with E-state index in [1.54, 1.807) is 0 Å². The molecule has 100 valence electrons. The van der Waals surface area contributed by atoms with Crippen molar-refractivity contribution in [3.63, 3.8) is 0 Å². The Labute approximate surface area is 123 Å². The fourth-order valence-electron chi connectivity index (χ4n) is 3.29. The molecule has 1 unspecified atom stereocenters. The molecule has 1 atom stereocenters. The number of hydrogen-bond acceptors (Lipinski definition) is 1. The summed E-state index contributed by atoms with van der Waals surface area (Å²) in [6.45, 7) is 0. The first-order chi connectivity index (χ1) is 9.71. The Bertz CT molecular complexity index is 715.